The van der Waals surface area contributed by atoms with Crippen molar-refractivity contribution >= 4 is 27.2 Å². The fraction of sp³-hybridized carbons (Fsp3) is 0.417. The highest BCUT2D eigenvalue weighted by Crippen LogP contribution is 2.39. The van der Waals surface area contributed by atoms with Gasteiger partial charge in [-0.15, -0.1) is 0 Å². The van der Waals surface area contributed by atoms with Crippen LogP contribution in [0.3, 0.4) is 0 Å². The lowest BCUT2D eigenvalue weighted by molar-refractivity contribution is -0.120. The van der Waals surface area contributed by atoms with Crippen LogP contribution < -0.4 is 9.80 Å². The molecule has 0 radical (unpaired) electrons. The van der Waals surface area contributed by atoms with Gasteiger partial charge in [0.05, 0.1) is 11.1 Å². The van der Waals surface area contributed by atoms with Crippen molar-refractivity contribution in [3.05, 3.63) is 42.9 Å². The monoisotopic (exact) mass is 480 g/mol. The van der Waals surface area contributed by atoms with E-state index in [2.05, 4.69) is 14.9 Å². The Morgan fingerprint density at radius 3 is 2.44 bits per heavy atom. The Labute approximate surface area is 199 Å². The van der Waals surface area contributed by atoms with Crippen molar-refractivity contribution in [2.75, 3.05) is 23.1 Å². The number of benzene rings is 1. The molecule has 0 unspecified atom stereocenters. The summed E-state index contributed by atoms with van der Waals surface area (Å²) < 4.78 is 25.4. The number of aromatic nitrogens is 4. The maximum absolute atomic E-state index is 13.1. The van der Waals surface area contributed by atoms with E-state index in [4.69, 9.17) is 4.98 Å². The van der Waals surface area contributed by atoms with Gasteiger partial charge in [-0.2, -0.15) is 4.98 Å². The number of nitrogens with zero attached hydrogens (tertiary/aromatic N) is 6. The van der Waals surface area contributed by atoms with Crippen molar-refractivity contribution in [1.29, 1.82) is 0 Å². The molecule has 178 valence electrons. The van der Waals surface area contributed by atoms with Gasteiger partial charge in [-0.25, -0.2) is 18.4 Å². The van der Waals surface area contributed by atoms with E-state index in [0.717, 1.165) is 37.1 Å². The van der Waals surface area contributed by atoms with E-state index >= 15 is 0 Å². The molecule has 0 spiro atoms. The standard InChI is InChI=1S/C24H28N6O3S/c1-4-19-23(31)28(2)20-15-26-24(27-22(20)30(19)17-7-5-6-8-17)29-14-13-25-21(29)16-9-11-18(12-10-16)34(3,32)33/h9-15,17,19H,4-8H2,1-3H3/t19-/m1/s1. The SMILES string of the molecule is CC[C@@H]1C(=O)N(C)c2cnc(-n3ccnc3-c3ccc(S(C)(=O)=O)cc3)nc2N1C1CCCC1. The minimum absolute atomic E-state index is 0.0764. The Morgan fingerprint density at radius 1 is 1.09 bits per heavy atom. The molecule has 1 saturated carbocycles. The molecule has 9 nitrogen and oxygen atoms in total. The Bertz CT molecular complexity index is 1330. The molecular weight excluding hydrogens is 452 g/mol. The van der Waals surface area contributed by atoms with Gasteiger partial charge in [0.1, 0.15) is 17.6 Å². The summed E-state index contributed by atoms with van der Waals surface area (Å²) in [5.74, 6) is 1.92. The number of hydrogen-bond donors (Lipinski definition) is 0. The largest absolute Gasteiger partial charge is 0.340 e. The minimum Gasteiger partial charge on any atom is -0.340 e. The van der Waals surface area contributed by atoms with Gasteiger partial charge in [0.25, 0.3) is 0 Å². The first-order valence-corrected chi connectivity index (χ1v) is 13.5. The van der Waals surface area contributed by atoms with Gasteiger partial charge in [-0.05, 0) is 43.5 Å². The first kappa shape index (κ1) is 22.5. The van der Waals surface area contributed by atoms with Crippen molar-refractivity contribution in [3.8, 4) is 17.3 Å². The number of rotatable bonds is 5. The lowest BCUT2D eigenvalue weighted by Crippen LogP contribution is -2.55. The molecule has 3 heterocycles. The summed E-state index contributed by atoms with van der Waals surface area (Å²) in [6, 6.07) is 6.66. The Morgan fingerprint density at radius 2 is 1.79 bits per heavy atom. The number of sulfone groups is 1. The zero-order valence-corrected chi connectivity index (χ0v) is 20.4. The highest BCUT2D eigenvalue weighted by atomic mass is 32.2. The minimum atomic E-state index is -3.28. The van der Waals surface area contributed by atoms with Crippen molar-refractivity contribution in [2.45, 2.75) is 56.0 Å². The van der Waals surface area contributed by atoms with Gasteiger partial charge in [-0.3, -0.25) is 9.36 Å². The zero-order valence-electron chi connectivity index (χ0n) is 19.5. The molecule has 1 aliphatic carbocycles. The summed E-state index contributed by atoms with van der Waals surface area (Å²) in [7, 11) is -1.50. The van der Waals surface area contributed by atoms with Crippen LogP contribution in [-0.2, 0) is 14.6 Å². The van der Waals surface area contributed by atoms with Crippen LogP contribution in [0, 0.1) is 0 Å². The first-order valence-electron chi connectivity index (χ1n) is 11.6. The molecule has 1 fully saturated rings. The van der Waals surface area contributed by atoms with Crippen LogP contribution in [0.25, 0.3) is 17.3 Å². The molecule has 2 aromatic heterocycles. The Hall–Kier alpha value is -3.27. The topological polar surface area (TPSA) is 101 Å². The van der Waals surface area contributed by atoms with Crippen molar-refractivity contribution in [1.82, 2.24) is 19.5 Å². The van der Waals surface area contributed by atoms with Gasteiger partial charge < -0.3 is 9.80 Å². The number of likely N-dealkylation sites (N-methyl/N-ethyl adjacent to an activating group) is 1. The maximum atomic E-state index is 13.1. The van der Waals surface area contributed by atoms with Gasteiger partial charge >= 0.3 is 0 Å². The molecule has 34 heavy (non-hydrogen) atoms. The van der Waals surface area contributed by atoms with Crippen LogP contribution in [-0.4, -0.2) is 59.2 Å². The number of carbonyl (C=O) groups is 1. The first-order chi connectivity index (χ1) is 16.3. The summed E-state index contributed by atoms with van der Waals surface area (Å²) in [5.41, 5.74) is 1.47. The number of carbonyl (C=O) groups excluding carboxylic acids is 1. The summed E-state index contributed by atoms with van der Waals surface area (Å²) in [5, 5.41) is 0. The molecule has 3 aromatic rings. The molecule has 1 aromatic carbocycles. The molecule has 0 bridgehead atoms. The average Bonchev–Trinajstić information content (AvgIpc) is 3.53. The third-order valence-corrected chi connectivity index (χ3v) is 7.92. The Kier molecular flexibility index (Phi) is 5.63. The van der Waals surface area contributed by atoms with Gasteiger partial charge in [0.2, 0.25) is 11.9 Å². The van der Waals surface area contributed by atoms with E-state index in [1.54, 1.807) is 59.4 Å². The molecule has 5 rings (SSSR count). The van der Waals surface area contributed by atoms with Crippen LogP contribution in [0.15, 0.2) is 47.8 Å². The Balaban J connectivity index is 1.59. The molecule has 0 N–H and O–H groups in total. The van der Waals surface area contributed by atoms with E-state index in [-0.39, 0.29) is 22.9 Å². The highest BCUT2D eigenvalue weighted by molar-refractivity contribution is 7.90. The predicted molar refractivity (Wildman–Crippen MR) is 130 cm³/mol. The van der Waals surface area contributed by atoms with Crippen molar-refractivity contribution in [3.63, 3.8) is 0 Å². The van der Waals surface area contributed by atoms with E-state index in [9.17, 15) is 13.2 Å². The summed E-state index contributed by atoms with van der Waals surface area (Å²) >= 11 is 0. The number of hydrogen-bond acceptors (Lipinski definition) is 7. The summed E-state index contributed by atoms with van der Waals surface area (Å²) in [6.45, 7) is 2.04. The lowest BCUT2D eigenvalue weighted by Gasteiger charge is -2.43. The van der Waals surface area contributed by atoms with Crippen LogP contribution in [0.5, 0.6) is 0 Å². The second-order valence-electron chi connectivity index (χ2n) is 8.96. The van der Waals surface area contributed by atoms with Crippen LogP contribution in [0.1, 0.15) is 39.0 Å². The second-order valence-corrected chi connectivity index (χ2v) is 11.0. The highest BCUT2D eigenvalue weighted by Gasteiger charge is 2.41. The van der Waals surface area contributed by atoms with Crippen LogP contribution in [0.4, 0.5) is 11.5 Å². The van der Waals surface area contributed by atoms with Gasteiger partial charge in [0.15, 0.2) is 15.7 Å². The zero-order chi connectivity index (χ0) is 24.0. The van der Waals surface area contributed by atoms with Gasteiger partial charge in [0, 0.05) is 37.3 Å². The van der Waals surface area contributed by atoms with Gasteiger partial charge in [-0.1, -0.05) is 19.8 Å². The average molecular weight is 481 g/mol. The third-order valence-electron chi connectivity index (χ3n) is 6.80. The number of anilines is 2. The lowest BCUT2D eigenvalue weighted by atomic mass is 10.0. The van der Waals surface area contributed by atoms with Crippen LogP contribution in [0.2, 0.25) is 0 Å². The quantitative estimate of drug-likeness (QED) is 0.552. The summed E-state index contributed by atoms with van der Waals surface area (Å²) in [4.78, 5) is 31.2. The molecule has 1 atom stereocenters. The van der Waals surface area contributed by atoms with Crippen molar-refractivity contribution in [2.24, 2.45) is 0 Å². The molecule has 10 heteroatoms. The maximum Gasteiger partial charge on any atom is 0.249 e. The fourth-order valence-corrected chi connectivity index (χ4v) is 5.65. The van der Waals surface area contributed by atoms with E-state index < -0.39 is 9.84 Å². The predicted octanol–water partition coefficient (Wildman–Crippen LogP) is 3.24. The van der Waals surface area contributed by atoms with E-state index in [1.807, 2.05) is 6.92 Å². The number of amides is 1. The van der Waals surface area contributed by atoms with Crippen molar-refractivity contribution < 1.29 is 13.2 Å². The van der Waals surface area contributed by atoms with E-state index in [0.29, 0.717) is 23.9 Å². The van der Waals surface area contributed by atoms with Crippen LogP contribution >= 0.6 is 0 Å². The molecule has 1 aliphatic heterocycles. The third kappa shape index (κ3) is 3.75. The number of imidazole rings is 1. The summed E-state index contributed by atoms with van der Waals surface area (Å²) in [6.07, 6.45) is 11.5. The number of fused-ring (bicyclic) bond motifs is 1. The molecule has 2 aliphatic rings. The second kappa shape index (κ2) is 8.50. The molecule has 1 amide bonds. The smallest absolute Gasteiger partial charge is 0.249 e. The molecular formula is C24H28N6O3S. The molecule has 0 saturated heterocycles. The fourth-order valence-electron chi connectivity index (χ4n) is 5.02. The normalized spacial score (nSPS) is 19.0. The van der Waals surface area contributed by atoms with E-state index in [1.165, 1.54) is 6.26 Å².